The average Bonchev–Trinajstić information content (AvgIpc) is 2.46. The topological polar surface area (TPSA) is 75.3 Å². The molecule has 22 heavy (non-hydrogen) atoms. The van der Waals surface area contributed by atoms with Gasteiger partial charge in [0.25, 0.3) is 5.91 Å². The summed E-state index contributed by atoms with van der Waals surface area (Å²) in [5.74, 6) is -2.43. The normalized spacial score (nSPS) is 11.2. The summed E-state index contributed by atoms with van der Waals surface area (Å²) in [5.41, 5.74) is 0.120. The molecule has 0 bridgehead atoms. The van der Waals surface area contributed by atoms with Crippen LogP contribution in [-0.2, 0) is 10.0 Å². The minimum absolute atomic E-state index is 0.0322. The van der Waals surface area contributed by atoms with E-state index in [1.54, 1.807) is 0 Å². The first-order valence-electron chi connectivity index (χ1n) is 6.13. The Morgan fingerprint density at radius 1 is 1.00 bits per heavy atom. The predicted octanol–water partition coefficient (Wildman–Crippen LogP) is 2.13. The molecule has 2 N–H and O–H groups in total. The van der Waals surface area contributed by atoms with E-state index in [-0.39, 0.29) is 10.5 Å². The van der Waals surface area contributed by atoms with Gasteiger partial charge in [-0.3, -0.25) is 4.79 Å². The summed E-state index contributed by atoms with van der Waals surface area (Å²) in [5, 5.41) is 2.42. The molecule has 0 unspecified atom stereocenters. The molecule has 0 aliphatic carbocycles. The van der Waals surface area contributed by atoms with Gasteiger partial charge in [-0.1, -0.05) is 0 Å². The number of hydrogen-bond acceptors (Lipinski definition) is 3. The molecule has 5 nitrogen and oxygen atoms in total. The number of rotatable bonds is 4. The molecule has 0 saturated carbocycles. The molecule has 8 heteroatoms. The first kappa shape index (κ1) is 16.1. The minimum Gasteiger partial charge on any atom is -0.322 e. The van der Waals surface area contributed by atoms with E-state index in [0.717, 1.165) is 12.1 Å². The van der Waals surface area contributed by atoms with Crippen molar-refractivity contribution in [1.82, 2.24) is 4.72 Å². The number of carbonyl (C=O) groups is 1. The fourth-order valence-electron chi connectivity index (χ4n) is 1.72. The van der Waals surface area contributed by atoms with Crippen molar-refractivity contribution in [3.63, 3.8) is 0 Å². The molecule has 0 aliphatic heterocycles. The van der Waals surface area contributed by atoms with Gasteiger partial charge in [0.2, 0.25) is 10.0 Å². The quantitative estimate of drug-likeness (QED) is 0.904. The second-order valence-corrected chi connectivity index (χ2v) is 6.23. The van der Waals surface area contributed by atoms with Crippen LogP contribution >= 0.6 is 0 Å². The lowest BCUT2D eigenvalue weighted by molar-refractivity contribution is 0.102. The van der Waals surface area contributed by atoms with Crippen LogP contribution in [0, 0.1) is 11.6 Å². The zero-order chi connectivity index (χ0) is 16.3. The van der Waals surface area contributed by atoms with Crippen molar-refractivity contribution in [2.24, 2.45) is 0 Å². The van der Waals surface area contributed by atoms with Crippen LogP contribution < -0.4 is 10.0 Å². The number of nitrogens with one attached hydrogen (secondary N) is 2. The van der Waals surface area contributed by atoms with Crippen LogP contribution in [0.25, 0.3) is 0 Å². The van der Waals surface area contributed by atoms with E-state index in [0.29, 0.717) is 11.8 Å². The molecule has 0 aliphatic rings. The second kappa shape index (κ2) is 6.20. The van der Waals surface area contributed by atoms with E-state index in [4.69, 9.17) is 0 Å². The van der Waals surface area contributed by atoms with E-state index < -0.39 is 27.6 Å². The van der Waals surface area contributed by atoms with Gasteiger partial charge in [0, 0.05) is 17.3 Å². The van der Waals surface area contributed by atoms with Gasteiger partial charge in [0.1, 0.15) is 11.6 Å². The first-order valence-corrected chi connectivity index (χ1v) is 7.61. The van der Waals surface area contributed by atoms with Crippen LogP contribution in [0.3, 0.4) is 0 Å². The molecular weight excluding hydrogens is 314 g/mol. The van der Waals surface area contributed by atoms with Crippen molar-refractivity contribution >= 4 is 21.6 Å². The number of anilines is 1. The van der Waals surface area contributed by atoms with E-state index in [9.17, 15) is 22.0 Å². The van der Waals surface area contributed by atoms with E-state index in [1.165, 1.54) is 31.3 Å². The number of amides is 1. The molecule has 0 spiro atoms. The van der Waals surface area contributed by atoms with Crippen molar-refractivity contribution in [3.8, 4) is 0 Å². The largest absolute Gasteiger partial charge is 0.322 e. The Morgan fingerprint density at radius 3 is 2.05 bits per heavy atom. The number of benzene rings is 2. The third kappa shape index (κ3) is 3.66. The van der Waals surface area contributed by atoms with Gasteiger partial charge < -0.3 is 5.32 Å². The number of sulfonamides is 1. The molecule has 2 aromatic carbocycles. The standard InChI is InChI=1S/C14H12F2N2O3S/c1-17-22(20,21)13-4-2-12(3-5-13)18-14(19)9-6-10(15)8-11(16)7-9/h2-8,17H,1H3,(H,18,19). The number of halogens is 2. The zero-order valence-corrected chi connectivity index (χ0v) is 12.2. The Labute approximate surface area is 126 Å². The van der Waals surface area contributed by atoms with Crippen LogP contribution in [0.4, 0.5) is 14.5 Å². The fraction of sp³-hybridized carbons (Fsp3) is 0.0714. The van der Waals surface area contributed by atoms with E-state index >= 15 is 0 Å². The molecule has 0 fully saturated rings. The van der Waals surface area contributed by atoms with E-state index in [1.807, 2.05) is 0 Å². The predicted molar refractivity (Wildman–Crippen MR) is 77.0 cm³/mol. The fourth-order valence-corrected chi connectivity index (χ4v) is 2.45. The highest BCUT2D eigenvalue weighted by atomic mass is 32.2. The Bertz CT molecular complexity index is 785. The van der Waals surface area contributed by atoms with Gasteiger partial charge in [-0.2, -0.15) is 0 Å². The molecular formula is C14H12F2N2O3S. The van der Waals surface area contributed by atoms with Crippen LogP contribution in [-0.4, -0.2) is 21.4 Å². The molecule has 116 valence electrons. The van der Waals surface area contributed by atoms with Crippen molar-refractivity contribution in [1.29, 1.82) is 0 Å². The number of hydrogen-bond donors (Lipinski definition) is 2. The van der Waals surface area contributed by atoms with Gasteiger partial charge in [0.15, 0.2) is 0 Å². The molecule has 0 aromatic heterocycles. The van der Waals surface area contributed by atoms with Gasteiger partial charge in [-0.15, -0.1) is 0 Å². The highest BCUT2D eigenvalue weighted by molar-refractivity contribution is 7.89. The van der Waals surface area contributed by atoms with Crippen molar-refractivity contribution < 1.29 is 22.0 Å². The molecule has 1 amide bonds. The smallest absolute Gasteiger partial charge is 0.255 e. The summed E-state index contributed by atoms with van der Waals surface area (Å²) in [6, 6.07) is 7.81. The molecule has 0 radical (unpaired) electrons. The van der Waals surface area contributed by atoms with E-state index in [2.05, 4.69) is 10.0 Å². The SMILES string of the molecule is CNS(=O)(=O)c1ccc(NC(=O)c2cc(F)cc(F)c2)cc1. The van der Waals surface area contributed by atoms with Crippen molar-refractivity contribution in [2.45, 2.75) is 4.90 Å². The molecule has 2 rings (SSSR count). The Morgan fingerprint density at radius 2 is 1.55 bits per heavy atom. The summed E-state index contributed by atoms with van der Waals surface area (Å²) >= 11 is 0. The van der Waals surface area contributed by atoms with Crippen molar-refractivity contribution in [3.05, 3.63) is 59.7 Å². The van der Waals surface area contributed by atoms with Gasteiger partial charge >= 0.3 is 0 Å². The third-order valence-corrected chi connectivity index (χ3v) is 4.25. The Kier molecular flexibility index (Phi) is 4.53. The Hall–Kier alpha value is -2.32. The monoisotopic (exact) mass is 326 g/mol. The summed E-state index contributed by atoms with van der Waals surface area (Å²) in [6.07, 6.45) is 0. The van der Waals surface area contributed by atoms with Crippen LogP contribution in [0.5, 0.6) is 0 Å². The Balaban J connectivity index is 2.19. The summed E-state index contributed by atoms with van der Waals surface area (Å²) in [6.45, 7) is 0. The highest BCUT2D eigenvalue weighted by Crippen LogP contribution is 2.15. The summed E-state index contributed by atoms with van der Waals surface area (Å²) in [7, 11) is -2.29. The van der Waals surface area contributed by atoms with Crippen LogP contribution in [0.15, 0.2) is 47.4 Å². The molecule has 0 atom stereocenters. The zero-order valence-electron chi connectivity index (χ0n) is 11.4. The molecule has 0 saturated heterocycles. The number of carbonyl (C=O) groups excluding carboxylic acids is 1. The average molecular weight is 326 g/mol. The molecule has 2 aromatic rings. The summed E-state index contributed by atoms with van der Waals surface area (Å²) in [4.78, 5) is 11.9. The third-order valence-electron chi connectivity index (χ3n) is 2.82. The summed E-state index contributed by atoms with van der Waals surface area (Å²) < 4.78 is 51.4. The maximum absolute atomic E-state index is 13.1. The van der Waals surface area contributed by atoms with Crippen LogP contribution in [0.2, 0.25) is 0 Å². The van der Waals surface area contributed by atoms with Gasteiger partial charge in [0.05, 0.1) is 4.90 Å². The van der Waals surface area contributed by atoms with Gasteiger partial charge in [-0.05, 0) is 43.4 Å². The second-order valence-electron chi connectivity index (χ2n) is 4.34. The lowest BCUT2D eigenvalue weighted by Gasteiger charge is -2.07. The minimum atomic E-state index is -3.57. The van der Waals surface area contributed by atoms with Crippen molar-refractivity contribution in [2.75, 3.05) is 12.4 Å². The maximum Gasteiger partial charge on any atom is 0.255 e. The highest BCUT2D eigenvalue weighted by Gasteiger charge is 2.12. The van der Waals surface area contributed by atoms with Crippen LogP contribution in [0.1, 0.15) is 10.4 Å². The first-order chi connectivity index (χ1) is 10.3. The van der Waals surface area contributed by atoms with Gasteiger partial charge in [-0.25, -0.2) is 21.9 Å². The lowest BCUT2D eigenvalue weighted by atomic mass is 10.2. The maximum atomic E-state index is 13.1. The lowest BCUT2D eigenvalue weighted by Crippen LogP contribution is -2.18. The molecule has 0 heterocycles.